The molecular weight excluding hydrogens is 196 g/mol. The fraction of sp³-hybridized carbons (Fsp3) is 0.778. The van der Waals surface area contributed by atoms with Crippen molar-refractivity contribution in [3.63, 3.8) is 0 Å². The first kappa shape index (κ1) is 11.8. The molecule has 86 valence electrons. The van der Waals surface area contributed by atoms with Crippen molar-refractivity contribution in [2.45, 2.75) is 33.3 Å². The molecule has 0 aromatic rings. The second kappa shape index (κ2) is 4.06. The second-order valence-corrected chi connectivity index (χ2v) is 4.62. The minimum atomic E-state index is -0.547. The number of urea groups is 1. The average molecular weight is 214 g/mol. The first-order valence-corrected chi connectivity index (χ1v) is 4.89. The topological polar surface area (TPSA) is 80.0 Å². The average Bonchev–Trinajstić information content (AvgIpc) is 2.42. The van der Waals surface area contributed by atoms with Crippen LogP contribution in [0.15, 0.2) is 5.10 Å². The van der Waals surface area contributed by atoms with Gasteiger partial charge in [-0.05, 0) is 20.8 Å². The third-order valence-electron chi connectivity index (χ3n) is 1.86. The molecule has 6 heteroatoms. The van der Waals surface area contributed by atoms with Crippen LogP contribution in [-0.4, -0.2) is 29.0 Å². The third-order valence-corrected chi connectivity index (χ3v) is 1.86. The molecule has 15 heavy (non-hydrogen) atoms. The number of carbonyl (C=O) groups is 1. The molecule has 0 aromatic heterocycles. The van der Waals surface area contributed by atoms with Crippen LogP contribution in [0.2, 0.25) is 0 Å². The van der Waals surface area contributed by atoms with E-state index >= 15 is 0 Å². The first-order valence-electron chi connectivity index (χ1n) is 4.89. The lowest BCUT2D eigenvalue weighted by atomic mass is 10.2. The van der Waals surface area contributed by atoms with Crippen molar-refractivity contribution in [3.8, 4) is 0 Å². The van der Waals surface area contributed by atoms with E-state index in [2.05, 4.69) is 10.6 Å². The molecule has 0 saturated carbocycles. The Labute approximate surface area is 89.4 Å². The summed E-state index contributed by atoms with van der Waals surface area (Å²) in [5.74, 6) is 0.739. The van der Waals surface area contributed by atoms with E-state index < -0.39 is 6.03 Å². The lowest BCUT2D eigenvalue weighted by Crippen LogP contribution is -2.35. The Morgan fingerprint density at radius 1 is 1.67 bits per heavy atom. The zero-order valence-electron chi connectivity index (χ0n) is 9.57. The normalized spacial score (nSPS) is 21.5. The number of hydrogen-bond donors (Lipinski definition) is 2. The van der Waals surface area contributed by atoms with Crippen molar-refractivity contribution in [2.75, 3.05) is 6.54 Å². The molecule has 0 spiro atoms. The van der Waals surface area contributed by atoms with E-state index in [0.717, 1.165) is 0 Å². The monoisotopic (exact) mass is 214 g/mol. The number of hydroxylamine groups is 1. The number of hydrogen-bond acceptors (Lipinski definition) is 4. The molecule has 3 N–H and O–H groups in total. The van der Waals surface area contributed by atoms with Crippen molar-refractivity contribution in [1.82, 2.24) is 10.5 Å². The maximum Gasteiger partial charge on any atom is 0.335 e. The molecule has 0 fully saturated rings. The highest BCUT2D eigenvalue weighted by molar-refractivity contribution is 5.87. The maximum atomic E-state index is 10.9. The van der Waals surface area contributed by atoms with Gasteiger partial charge in [0.1, 0.15) is 0 Å². The van der Waals surface area contributed by atoms with Crippen LogP contribution < -0.4 is 11.2 Å². The van der Waals surface area contributed by atoms with Gasteiger partial charge >= 0.3 is 6.03 Å². The van der Waals surface area contributed by atoms with Gasteiger partial charge in [0.2, 0.25) is 0 Å². The summed E-state index contributed by atoms with van der Waals surface area (Å²) in [4.78, 5) is 16.2. The van der Waals surface area contributed by atoms with Gasteiger partial charge in [0.05, 0.1) is 12.1 Å². The highest BCUT2D eigenvalue weighted by atomic mass is 16.7. The smallest absolute Gasteiger partial charge is 0.335 e. The molecule has 6 nitrogen and oxygen atoms in total. The summed E-state index contributed by atoms with van der Waals surface area (Å²) in [5.41, 5.74) is 7.57. The summed E-state index contributed by atoms with van der Waals surface area (Å²) in [5, 5.41) is 5.23. The van der Waals surface area contributed by atoms with Gasteiger partial charge < -0.3 is 5.73 Å². The van der Waals surface area contributed by atoms with Gasteiger partial charge in [0, 0.05) is 5.92 Å². The zero-order chi connectivity index (χ0) is 11.6. The van der Waals surface area contributed by atoms with Gasteiger partial charge in [0.15, 0.2) is 5.84 Å². The second-order valence-electron chi connectivity index (χ2n) is 4.62. The van der Waals surface area contributed by atoms with E-state index in [9.17, 15) is 4.79 Å². The fourth-order valence-electron chi connectivity index (χ4n) is 1.08. The summed E-state index contributed by atoms with van der Waals surface area (Å²) < 4.78 is 0. The number of nitrogens with one attached hydrogen (secondary N) is 1. The lowest BCUT2D eigenvalue weighted by Gasteiger charge is -2.20. The number of nitrogens with two attached hydrogens (primary N) is 1. The van der Waals surface area contributed by atoms with Crippen LogP contribution in [0.4, 0.5) is 4.79 Å². The van der Waals surface area contributed by atoms with Crippen molar-refractivity contribution in [3.05, 3.63) is 0 Å². The van der Waals surface area contributed by atoms with Crippen molar-refractivity contribution in [2.24, 2.45) is 16.8 Å². The van der Waals surface area contributed by atoms with E-state index in [0.29, 0.717) is 12.4 Å². The van der Waals surface area contributed by atoms with Crippen molar-refractivity contribution < 1.29 is 9.63 Å². The SMILES string of the molecule is CC1CN(C(N)=O)N=C1NOC(C)(C)C. The molecular formula is C9H18N4O2. The molecule has 1 atom stereocenters. The van der Waals surface area contributed by atoms with Crippen LogP contribution in [0.3, 0.4) is 0 Å². The molecule has 1 rings (SSSR count). The number of amidine groups is 1. The van der Waals surface area contributed by atoms with E-state index in [-0.39, 0.29) is 11.5 Å². The van der Waals surface area contributed by atoms with Gasteiger partial charge in [0.25, 0.3) is 0 Å². The molecule has 0 radical (unpaired) electrons. The van der Waals surface area contributed by atoms with Gasteiger partial charge in [-0.3, -0.25) is 10.3 Å². The molecule has 1 heterocycles. The summed E-state index contributed by atoms with van der Waals surface area (Å²) >= 11 is 0. The number of hydrazone groups is 1. The van der Waals surface area contributed by atoms with E-state index in [1.807, 2.05) is 27.7 Å². The largest absolute Gasteiger partial charge is 0.350 e. The highest BCUT2D eigenvalue weighted by Gasteiger charge is 2.26. The van der Waals surface area contributed by atoms with Crippen LogP contribution >= 0.6 is 0 Å². The standard InChI is InChI=1S/C9H18N4O2/c1-6-5-13(8(10)14)11-7(6)12-15-9(2,3)4/h6H,5H2,1-4H3,(H2,10,14)(H,11,12). The van der Waals surface area contributed by atoms with Crippen LogP contribution in [0.5, 0.6) is 0 Å². The predicted molar refractivity (Wildman–Crippen MR) is 56.9 cm³/mol. The summed E-state index contributed by atoms with van der Waals surface area (Å²) in [6.07, 6.45) is 0. The highest BCUT2D eigenvalue weighted by Crippen LogP contribution is 2.12. The molecule has 1 aliphatic rings. The Hall–Kier alpha value is -1.30. The minimum Gasteiger partial charge on any atom is -0.350 e. The number of carbonyl (C=O) groups excluding carboxylic acids is 1. The molecule has 0 aliphatic carbocycles. The molecule has 0 bridgehead atoms. The molecule has 2 amide bonds. The first-order chi connectivity index (χ1) is 6.79. The van der Waals surface area contributed by atoms with Crippen LogP contribution in [0.1, 0.15) is 27.7 Å². The van der Waals surface area contributed by atoms with E-state index in [4.69, 9.17) is 10.6 Å². The number of rotatable bonds is 1. The van der Waals surface area contributed by atoms with Crippen molar-refractivity contribution in [1.29, 1.82) is 0 Å². The van der Waals surface area contributed by atoms with Crippen LogP contribution in [0.25, 0.3) is 0 Å². The lowest BCUT2D eigenvalue weighted by molar-refractivity contribution is -0.0438. The van der Waals surface area contributed by atoms with Gasteiger partial charge in [-0.2, -0.15) is 5.10 Å². The quantitative estimate of drug-likeness (QED) is 0.629. The van der Waals surface area contributed by atoms with E-state index in [1.165, 1.54) is 5.01 Å². The van der Waals surface area contributed by atoms with Gasteiger partial charge in [-0.25, -0.2) is 9.80 Å². The summed E-state index contributed by atoms with van der Waals surface area (Å²) in [6.45, 7) is 8.20. The zero-order valence-corrected chi connectivity index (χ0v) is 9.57. The van der Waals surface area contributed by atoms with Crippen molar-refractivity contribution >= 4 is 11.9 Å². The Morgan fingerprint density at radius 3 is 2.67 bits per heavy atom. The van der Waals surface area contributed by atoms with Gasteiger partial charge in [-0.1, -0.05) is 6.92 Å². The number of amides is 2. The Morgan fingerprint density at radius 2 is 2.27 bits per heavy atom. The summed E-state index contributed by atoms with van der Waals surface area (Å²) in [6, 6.07) is -0.547. The molecule has 1 aliphatic heterocycles. The predicted octanol–water partition coefficient (Wildman–Crippen LogP) is 0.650. The van der Waals surface area contributed by atoms with Crippen LogP contribution in [0, 0.1) is 5.92 Å². The maximum absolute atomic E-state index is 10.9. The Kier molecular flexibility index (Phi) is 3.18. The Bertz CT molecular complexity index is 282. The molecule has 1 unspecified atom stereocenters. The fourth-order valence-corrected chi connectivity index (χ4v) is 1.08. The molecule has 0 saturated heterocycles. The van der Waals surface area contributed by atoms with Gasteiger partial charge in [-0.15, -0.1) is 0 Å². The summed E-state index contributed by atoms with van der Waals surface area (Å²) in [7, 11) is 0. The minimum absolute atomic E-state index is 0.111. The van der Waals surface area contributed by atoms with E-state index in [1.54, 1.807) is 0 Å². The van der Waals surface area contributed by atoms with Crippen LogP contribution in [-0.2, 0) is 4.84 Å². The number of nitrogens with zero attached hydrogens (tertiary/aromatic N) is 2. The third kappa shape index (κ3) is 3.39. The number of primary amides is 1. The Balaban J connectivity index is 2.55. The molecule has 0 aromatic carbocycles.